The van der Waals surface area contributed by atoms with Crippen LogP contribution in [0.15, 0.2) is 64.2 Å². The smallest absolute Gasteiger partial charge is 0.335 e. The zero-order chi connectivity index (χ0) is 25.7. The topological polar surface area (TPSA) is 96.2 Å². The number of rotatable bonds is 3. The highest BCUT2D eigenvalue weighted by Gasteiger charge is 2.31. The Labute approximate surface area is 213 Å². The summed E-state index contributed by atoms with van der Waals surface area (Å²) in [7, 11) is 1.51. The van der Waals surface area contributed by atoms with Crippen molar-refractivity contribution in [1.82, 2.24) is 24.2 Å². The highest BCUT2D eigenvalue weighted by Crippen LogP contribution is 2.33. The van der Waals surface area contributed by atoms with E-state index in [0.717, 1.165) is 34.2 Å². The first kappa shape index (κ1) is 23.0. The number of amides is 1. The van der Waals surface area contributed by atoms with Gasteiger partial charge in [-0.2, -0.15) is 5.10 Å². The lowest BCUT2D eigenvalue weighted by Crippen LogP contribution is -2.52. The van der Waals surface area contributed by atoms with Gasteiger partial charge in [-0.05, 0) is 37.5 Å². The van der Waals surface area contributed by atoms with Crippen LogP contribution in [0.1, 0.15) is 27.3 Å². The van der Waals surface area contributed by atoms with Gasteiger partial charge in [-0.25, -0.2) is 4.79 Å². The molecule has 3 heterocycles. The van der Waals surface area contributed by atoms with Gasteiger partial charge >= 0.3 is 5.69 Å². The Morgan fingerprint density at radius 2 is 1.62 bits per heavy atom. The molecule has 1 saturated heterocycles. The average Bonchev–Trinajstić information content (AvgIpc) is 3.37. The van der Waals surface area contributed by atoms with Gasteiger partial charge in [-0.15, -0.1) is 0 Å². The van der Waals surface area contributed by atoms with Crippen LogP contribution in [-0.4, -0.2) is 56.3 Å². The third kappa shape index (κ3) is 3.69. The van der Waals surface area contributed by atoms with Crippen LogP contribution in [0.25, 0.3) is 16.9 Å². The van der Waals surface area contributed by atoms with Crippen LogP contribution >= 0.6 is 0 Å². The van der Waals surface area contributed by atoms with E-state index in [4.69, 9.17) is 0 Å². The Kier molecular flexibility index (Phi) is 5.55. The number of nitrogens with zero attached hydrogens (tertiary/aromatic N) is 5. The first-order valence-electron chi connectivity index (χ1n) is 12.5. The maximum Gasteiger partial charge on any atom is 0.335 e. The van der Waals surface area contributed by atoms with Crippen molar-refractivity contribution in [2.75, 3.05) is 31.1 Å². The molecule has 1 N–H and O–H groups in total. The first-order valence-corrected chi connectivity index (χ1v) is 12.5. The normalized spacial score (nSPS) is 14.9. The monoisotopic (exact) mass is 496 g/mol. The summed E-state index contributed by atoms with van der Waals surface area (Å²) in [5, 5.41) is 7.51. The number of anilines is 1. The summed E-state index contributed by atoms with van der Waals surface area (Å²) < 4.78 is 2.73. The number of para-hydroxylation sites is 1. The van der Waals surface area contributed by atoms with Crippen LogP contribution in [0.2, 0.25) is 0 Å². The minimum Gasteiger partial charge on any atom is -0.362 e. The predicted octanol–water partition coefficient (Wildman–Crippen LogP) is 2.30. The van der Waals surface area contributed by atoms with Crippen LogP contribution in [0.3, 0.4) is 0 Å². The van der Waals surface area contributed by atoms with Crippen molar-refractivity contribution in [2.45, 2.75) is 19.8 Å². The second-order valence-electron chi connectivity index (χ2n) is 9.61. The molecule has 0 atom stereocenters. The SMILES string of the molecule is Cc1c(N2CCN(C(=O)c3[nH]nc4c3CCc3ccccc3-4)CC2)c(=O)n(C)c(=O)n1-c1ccccc1. The van der Waals surface area contributed by atoms with E-state index in [1.165, 1.54) is 12.6 Å². The molecule has 9 heteroatoms. The molecule has 1 aliphatic carbocycles. The highest BCUT2D eigenvalue weighted by molar-refractivity contribution is 5.96. The Morgan fingerprint density at radius 3 is 2.38 bits per heavy atom. The van der Waals surface area contributed by atoms with Gasteiger partial charge in [0.25, 0.3) is 11.5 Å². The molecular formula is C28H28N6O3. The van der Waals surface area contributed by atoms with E-state index >= 15 is 0 Å². The molecule has 9 nitrogen and oxygen atoms in total. The summed E-state index contributed by atoms with van der Waals surface area (Å²) in [6.45, 7) is 3.73. The number of carbonyl (C=O) groups excluding carboxylic acids is 1. The lowest BCUT2D eigenvalue weighted by Gasteiger charge is -2.36. The second-order valence-corrected chi connectivity index (χ2v) is 9.61. The van der Waals surface area contributed by atoms with Gasteiger partial charge in [-0.1, -0.05) is 42.5 Å². The van der Waals surface area contributed by atoms with Gasteiger partial charge in [0.1, 0.15) is 11.4 Å². The summed E-state index contributed by atoms with van der Waals surface area (Å²) in [6.07, 6.45) is 1.66. The Morgan fingerprint density at radius 1 is 0.919 bits per heavy atom. The fraction of sp³-hybridized carbons (Fsp3) is 0.286. The van der Waals surface area contributed by atoms with Crippen molar-refractivity contribution < 1.29 is 4.79 Å². The number of aryl methyl sites for hydroxylation is 1. The van der Waals surface area contributed by atoms with E-state index in [2.05, 4.69) is 22.3 Å². The van der Waals surface area contributed by atoms with Gasteiger partial charge in [0, 0.05) is 44.4 Å². The van der Waals surface area contributed by atoms with Crippen molar-refractivity contribution in [1.29, 1.82) is 0 Å². The molecular weight excluding hydrogens is 468 g/mol. The van der Waals surface area contributed by atoms with Crippen molar-refractivity contribution >= 4 is 11.6 Å². The Hall–Kier alpha value is -4.40. The molecule has 0 bridgehead atoms. The maximum atomic E-state index is 13.5. The molecule has 0 radical (unpaired) electrons. The fourth-order valence-electron chi connectivity index (χ4n) is 5.57. The molecule has 0 spiro atoms. The molecule has 0 unspecified atom stereocenters. The molecule has 0 saturated carbocycles. The standard InChI is InChI=1S/C28H28N6O3/c1-18-25(27(36)31(2)28(37)34(18)20-9-4-3-5-10-20)32-14-16-33(17-15-32)26(35)24-22-13-12-19-8-6-7-11-21(19)23(22)29-30-24/h3-11H,12-17H2,1-2H3,(H,29,30). The average molecular weight is 497 g/mol. The number of carbonyl (C=O) groups is 1. The Balaban J connectivity index is 1.26. The molecule has 1 aliphatic heterocycles. The largest absolute Gasteiger partial charge is 0.362 e. The highest BCUT2D eigenvalue weighted by atomic mass is 16.2. The van der Waals surface area contributed by atoms with Crippen LogP contribution in [0.4, 0.5) is 5.69 Å². The zero-order valence-electron chi connectivity index (χ0n) is 20.9. The van der Waals surface area contributed by atoms with Crippen LogP contribution in [-0.2, 0) is 19.9 Å². The van der Waals surface area contributed by atoms with E-state index in [0.29, 0.717) is 48.9 Å². The van der Waals surface area contributed by atoms with E-state index in [1.807, 2.05) is 52.3 Å². The van der Waals surface area contributed by atoms with Crippen LogP contribution in [0, 0.1) is 6.92 Å². The van der Waals surface area contributed by atoms with Crippen molar-refractivity contribution in [3.8, 4) is 16.9 Å². The summed E-state index contributed by atoms with van der Waals surface area (Å²) in [5.41, 5.74) is 5.84. The van der Waals surface area contributed by atoms with Crippen LogP contribution < -0.4 is 16.1 Å². The molecule has 1 fully saturated rings. The number of benzene rings is 2. The molecule has 4 aromatic rings. The molecule has 37 heavy (non-hydrogen) atoms. The number of hydrogen-bond donors (Lipinski definition) is 1. The van der Waals surface area contributed by atoms with E-state index in [-0.39, 0.29) is 17.2 Å². The van der Waals surface area contributed by atoms with Crippen molar-refractivity contribution in [2.24, 2.45) is 7.05 Å². The first-order chi connectivity index (χ1) is 18.0. The number of H-pyrrole nitrogens is 1. The summed E-state index contributed by atoms with van der Waals surface area (Å²) >= 11 is 0. The summed E-state index contributed by atoms with van der Waals surface area (Å²) in [6, 6.07) is 17.5. The molecule has 2 aromatic carbocycles. The van der Waals surface area contributed by atoms with Gasteiger partial charge in [0.15, 0.2) is 0 Å². The predicted molar refractivity (Wildman–Crippen MR) is 142 cm³/mol. The maximum absolute atomic E-state index is 13.5. The number of piperazine rings is 1. The second kappa shape index (κ2) is 8.92. The minimum atomic E-state index is -0.378. The third-order valence-corrected chi connectivity index (χ3v) is 7.56. The number of hydrogen-bond acceptors (Lipinski definition) is 5. The molecule has 2 aromatic heterocycles. The number of nitrogens with one attached hydrogen (secondary N) is 1. The summed E-state index contributed by atoms with van der Waals surface area (Å²) in [4.78, 5) is 43.4. The number of aromatic amines is 1. The number of aromatic nitrogens is 4. The van der Waals surface area contributed by atoms with E-state index in [9.17, 15) is 14.4 Å². The van der Waals surface area contributed by atoms with Gasteiger partial charge < -0.3 is 9.80 Å². The minimum absolute atomic E-state index is 0.0633. The molecule has 2 aliphatic rings. The Bertz CT molecular complexity index is 1620. The van der Waals surface area contributed by atoms with E-state index in [1.54, 1.807) is 11.5 Å². The quantitative estimate of drug-likeness (QED) is 0.470. The zero-order valence-corrected chi connectivity index (χ0v) is 20.9. The fourth-order valence-corrected chi connectivity index (χ4v) is 5.57. The molecule has 6 rings (SSSR count). The lowest BCUT2D eigenvalue weighted by molar-refractivity contribution is 0.0739. The summed E-state index contributed by atoms with van der Waals surface area (Å²) in [5.74, 6) is -0.0633. The number of fused-ring (bicyclic) bond motifs is 3. The van der Waals surface area contributed by atoms with Gasteiger partial charge in [-0.3, -0.25) is 23.8 Å². The molecule has 1 amide bonds. The van der Waals surface area contributed by atoms with Crippen LogP contribution in [0.5, 0.6) is 0 Å². The molecule has 188 valence electrons. The van der Waals surface area contributed by atoms with Crippen molar-refractivity contribution in [3.63, 3.8) is 0 Å². The van der Waals surface area contributed by atoms with Gasteiger partial charge in [0.2, 0.25) is 0 Å². The van der Waals surface area contributed by atoms with Gasteiger partial charge in [0.05, 0.1) is 17.1 Å². The van der Waals surface area contributed by atoms with Crippen molar-refractivity contribution in [3.05, 3.63) is 98.0 Å². The lowest BCUT2D eigenvalue weighted by atomic mass is 9.89. The van der Waals surface area contributed by atoms with E-state index < -0.39 is 0 Å². The third-order valence-electron chi connectivity index (χ3n) is 7.56.